The van der Waals surface area contributed by atoms with Crippen molar-refractivity contribution in [2.24, 2.45) is 0 Å². The maximum absolute atomic E-state index is 6.39. The Morgan fingerprint density at radius 2 is 0.953 bits per heavy atom. The van der Waals surface area contributed by atoms with Crippen LogP contribution in [0.1, 0.15) is 0 Å². The van der Waals surface area contributed by atoms with Crippen molar-refractivity contribution in [3.63, 3.8) is 0 Å². The van der Waals surface area contributed by atoms with Gasteiger partial charge < -0.3 is 4.42 Å². The van der Waals surface area contributed by atoms with E-state index < -0.39 is 0 Å². The maximum atomic E-state index is 6.39. The van der Waals surface area contributed by atoms with Crippen molar-refractivity contribution < 1.29 is 4.42 Å². The summed E-state index contributed by atoms with van der Waals surface area (Å²) >= 11 is 0. The Bertz CT molecular complexity index is 2510. The third-order valence-electron chi connectivity index (χ3n) is 8.51. The molecule has 0 bridgehead atoms. The predicted octanol–water partition coefficient (Wildman–Crippen LogP) is 10.8. The number of furan rings is 1. The lowest BCUT2D eigenvalue weighted by Crippen LogP contribution is -1.96. The second-order valence-electron chi connectivity index (χ2n) is 10.9. The quantitative estimate of drug-likeness (QED) is 0.220. The Morgan fingerprint density at radius 1 is 0.372 bits per heavy atom. The zero-order valence-corrected chi connectivity index (χ0v) is 23.2. The molecule has 0 aliphatic rings. The summed E-state index contributed by atoms with van der Waals surface area (Å²) in [5.74, 6) is 0.724. The fraction of sp³-hybridized carbons (Fsp3) is 0. The Kier molecular flexibility index (Phi) is 5.20. The molecule has 3 nitrogen and oxygen atoms in total. The van der Waals surface area contributed by atoms with Gasteiger partial charge in [0.05, 0.1) is 11.2 Å². The summed E-state index contributed by atoms with van der Waals surface area (Å²) < 4.78 is 6.39. The molecule has 0 amide bonds. The van der Waals surface area contributed by atoms with E-state index in [0.717, 1.165) is 71.6 Å². The van der Waals surface area contributed by atoms with Gasteiger partial charge in [0.15, 0.2) is 5.82 Å². The highest BCUT2D eigenvalue weighted by Gasteiger charge is 2.17. The van der Waals surface area contributed by atoms with Crippen LogP contribution >= 0.6 is 0 Å². The largest absolute Gasteiger partial charge is 0.455 e. The minimum Gasteiger partial charge on any atom is -0.455 e. The third kappa shape index (κ3) is 3.68. The smallest absolute Gasteiger partial charge is 0.161 e. The molecule has 2 aromatic heterocycles. The van der Waals surface area contributed by atoms with E-state index >= 15 is 0 Å². The van der Waals surface area contributed by atoms with Crippen LogP contribution in [0.3, 0.4) is 0 Å². The first-order chi connectivity index (χ1) is 21.3. The molecule has 0 aliphatic heterocycles. The third-order valence-corrected chi connectivity index (χ3v) is 8.51. The summed E-state index contributed by atoms with van der Waals surface area (Å²) in [7, 11) is 0. The molecule has 0 aliphatic carbocycles. The predicted molar refractivity (Wildman–Crippen MR) is 178 cm³/mol. The standard InChI is InChI=1S/C40H24N2O/c1-2-11-25(12-3-1)38-35-16-6-8-19-36(35)41-40(42-38)34-24-22-29(26-13-4-5-14-28(26)34)27-17-10-18-32-30(27)21-23-33-31-15-7-9-20-37(31)43-39(32)33/h1-24H. The highest BCUT2D eigenvalue weighted by atomic mass is 16.3. The maximum Gasteiger partial charge on any atom is 0.161 e. The SMILES string of the molecule is c1ccc(-c2nc(-c3ccc(-c4cccc5c4ccc4c6ccccc6oc54)c4ccccc34)nc3ccccc23)cc1. The van der Waals surface area contributed by atoms with Gasteiger partial charge in [-0.05, 0) is 51.6 Å². The van der Waals surface area contributed by atoms with E-state index in [1.807, 2.05) is 30.3 Å². The molecule has 0 saturated heterocycles. The number of hydrogen-bond donors (Lipinski definition) is 0. The molecule has 3 heteroatoms. The normalized spacial score (nSPS) is 11.7. The zero-order chi connectivity index (χ0) is 28.3. The van der Waals surface area contributed by atoms with Crippen LogP contribution < -0.4 is 0 Å². The summed E-state index contributed by atoms with van der Waals surface area (Å²) in [5.41, 5.74) is 8.16. The second kappa shape index (κ2) is 9.37. The first-order valence-corrected chi connectivity index (χ1v) is 14.5. The van der Waals surface area contributed by atoms with E-state index in [2.05, 4.69) is 115 Å². The van der Waals surface area contributed by atoms with E-state index in [9.17, 15) is 0 Å². The first-order valence-electron chi connectivity index (χ1n) is 14.5. The van der Waals surface area contributed by atoms with Crippen molar-refractivity contribution in [2.45, 2.75) is 0 Å². The molecule has 43 heavy (non-hydrogen) atoms. The molecule has 0 saturated carbocycles. The van der Waals surface area contributed by atoms with E-state index in [1.165, 1.54) is 16.5 Å². The molecule has 0 unspecified atom stereocenters. The summed E-state index contributed by atoms with van der Waals surface area (Å²) in [6.07, 6.45) is 0. The molecule has 0 fully saturated rings. The Balaban J connectivity index is 1.28. The number of aromatic nitrogens is 2. The van der Waals surface area contributed by atoms with Crippen molar-refractivity contribution >= 4 is 54.4 Å². The second-order valence-corrected chi connectivity index (χ2v) is 10.9. The molecule has 0 radical (unpaired) electrons. The highest BCUT2D eigenvalue weighted by Crippen LogP contribution is 2.41. The average Bonchev–Trinajstić information content (AvgIpc) is 3.47. The number of benzene rings is 7. The van der Waals surface area contributed by atoms with Crippen LogP contribution in [0.15, 0.2) is 150 Å². The van der Waals surface area contributed by atoms with Crippen LogP contribution in [0.4, 0.5) is 0 Å². The van der Waals surface area contributed by atoms with Gasteiger partial charge in [-0.1, -0.05) is 121 Å². The Morgan fingerprint density at radius 3 is 1.81 bits per heavy atom. The van der Waals surface area contributed by atoms with Gasteiger partial charge in [0, 0.05) is 32.7 Å². The lowest BCUT2D eigenvalue weighted by atomic mass is 9.91. The minimum absolute atomic E-state index is 0.724. The fourth-order valence-corrected chi connectivity index (χ4v) is 6.52. The fourth-order valence-electron chi connectivity index (χ4n) is 6.52. The minimum atomic E-state index is 0.724. The van der Waals surface area contributed by atoms with E-state index in [1.54, 1.807) is 0 Å². The van der Waals surface area contributed by atoms with Crippen LogP contribution in [0.5, 0.6) is 0 Å². The molecule has 9 aromatic rings. The van der Waals surface area contributed by atoms with Gasteiger partial charge in [0.1, 0.15) is 11.2 Å². The van der Waals surface area contributed by atoms with Crippen LogP contribution in [-0.2, 0) is 0 Å². The molecule has 0 N–H and O–H groups in total. The number of para-hydroxylation sites is 2. The molecular formula is C40H24N2O. The summed E-state index contributed by atoms with van der Waals surface area (Å²) in [6.45, 7) is 0. The van der Waals surface area contributed by atoms with Gasteiger partial charge in [-0.15, -0.1) is 0 Å². The van der Waals surface area contributed by atoms with Gasteiger partial charge >= 0.3 is 0 Å². The Labute approximate surface area is 247 Å². The van der Waals surface area contributed by atoms with Gasteiger partial charge in [-0.25, -0.2) is 9.97 Å². The molecule has 200 valence electrons. The van der Waals surface area contributed by atoms with E-state index in [0.29, 0.717) is 0 Å². The van der Waals surface area contributed by atoms with Gasteiger partial charge in [-0.3, -0.25) is 0 Å². The van der Waals surface area contributed by atoms with Crippen LogP contribution in [0.2, 0.25) is 0 Å². The number of fused-ring (bicyclic) bond motifs is 7. The van der Waals surface area contributed by atoms with Crippen molar-refractivity contribution in [2.75, 3.05) is 0 Å². The van der Waals surface area contributed by atoms with E-state index in [4.69, 9.17) is 14.4 Å². The molecular weight excluding hydrogens is 524 g/mol. The summed E-state index contributed by atoms with van der Waals surface area (Å²) in [6, 6.07) is 50.8. The Hall–Kier alpha value is -5.80. The molecule has 9 rings (SSSR count). The van der Waals surface area contributed by atoms with Crippen molar-refractivity contribution in [3.05, 3.63) is 146 Å². The van der Waals surface area contributed by atoms with Crippen molar-refractivity contribution in [1.82, 2.24) is 9.97 Å². The molecule has 7 aromatic carbocycles. The number of nitrogens with zero attached hydrogens (tertiary/aromatic N) is 2. The van der Waals surface area contributed by atoms with Crippen LogP contribution in [-0.4, -0.2) is 9.97 Å². The van der Waals surface area contributed by atoms with E-state index in [-0.39, 0.29) is 0 Å². The molecule has 2 heterocycles. The van der Waals surface area contributed by atoms with Crippen molar-refractivity contribution in [1.29, 1.82) is 0 Å². The highest BCUT2D eigenvalue weighted by molar-refractivity contribution is 6.19. The summed E-state index contributed by atoms with van der Waals surface area (Å²) in [5, 5.41) is 7.90. The number of hydrogen-bond acceptors (Lipinski definition) is 3. The van der Waals surface area contributed by atoms with Crippen LogP contribution in [0, 0.1) is 0 Å². The lowest BCUT2D eigenvalue weighted by molar-refractivity contribution is 0.672. The van der Waals surface area contributed by atoms with Crippen LogP contribution in [0.25, 0.3) is 88.2 Å². The molecule has 0 spiro atoms. The lowest BCUT2D eigenvalue weighted by Gasteiger charge is -2.15. The van der Waals surface area contributed by atoms with Gasteiger partial charge in [0.25, 0.3) is 0 Å². The topological polar surface area (TPSA) is 38.9 Å². The first kappa shape index (κ1) is 23.9. The number of rotatable bonds is 3. The summed E-state index contributed by atoms with van der Waals surface area (Å²) in [4.78, 5) is 10.2. The average molecular weight is 549 g/mol. The zero-order valence-electron chi connectivity index (χ0n) is 23.2. The monoisotopic (exact) mass is 548 g/mol. The van der Waals surface area contributed by atoms with Gasteiger partial charge in [0.2, 0.25) is 0 Å². The van der Waals surface area contributed by atoms with Crippen molar-refractivity contribution in [3.8, 4) is 33.8 Å². The van der Waals surface area contributed by atoms with Gasteiger partial charge in [-0.2, -0.15) is 0 Å². The molecule has 0 atom stereocenters.